The molecule has 24 heteroatoms. The molecule has 2 heterocycles. The largest absolute Gasteiger partial charge is 0.391 e. The summed E-state index contributed by atoms with van der Waals surface area (Å²) in [5, 5.41) is 21.5. The van der Waals surface area contributed by atoms with Crippen LogP contribution in [0, 0.1) is 17.8 Å². The van der Waals surface area contributed by atoms with Gasteiger partial charge in [-0.3, -0.25) is 57.5 Å². The molecular formula is C68H97N11O13. The summed E-state index contributed by atoms with van der Waals surface area (Å²) in [6.07, 6.45) is -0.0880. The maximum absolute atomic E-state index is 15.4. The maximum Gasteiger partial charge on any atom is 0.248 e. The van der Waals surface area contributed by atoms with E-state index in [0.717, 1.165) is 38.9 Å². The van der Waals surface area contributed by atoms with E-state index in [9.17, 15) is 43.5 Å². The van der Waals surface area contributed by atoms with Crippen molar-refractivity contribution in [3.8, 4) is 0 Å². The molecule has 0 saturated carbocycles. The Bertz CT molecular complexity index is 3050. The van der Waals surface area contributed by atoms with Gasteiger partial charge in [0.1, 0.15) is 42.3 Å². The molecule has 0 unspecified atom stereocenters. The van der Waals surface area contributed by atoms with Gasteiger partial charge in [-0.2, -0.15) is 0 Å². The van der Waals surface area contributed by atoms with Crippen molar-refractivity contribution in [1.29, 1.82) is 0 Å². The molecule has 0 spiro atoms. The summed E-state index contributed by atoms with van der Waals surface area (Å²) in [4.78, 5) is 183. The third-order valence-corrected chi connectivity index (χ3v) is 17.3. The number of carbonyl (C=O) groups is 12. The Morgan fingerprint density at radius 1 is 0.576 bits per heavy atom. The lowest BCUT2D eigenvalue weighted by atomic mass is 9.93. The second kappa shape index (κ2) is 34.8. The predicted octanol–water partition coefficient (Wildman–Crippen LogP) is 1.99. The third kappa shape index (κ3) is 20.7. The number of piperidine rings is 1. The van der Waals surface area contributed by atoms with Gasteiger partial charge in [0, 0.05) is 80.6 Å². The molecule has 5 N–H and O–H groups in total. The molecule has 0 bridgehead atoms. The Morgan fingerprint density at radius 2 is 1.08 bits per heavy atom. The fraction of sp³-hybridized carbons (Fsp3) is 0.559. The van der Waals surface area contributed by atoms with Crippen LogP contribution in [-0.2, 0) is 76.8 Å². The number of hydrogen-bond acceptors (Lipinski definition) is 13. The number of aliphatic hydroxyl groups is 1. The quantitative estimate of drug-likeness (QED) is 0.137. The van der Waals surface area contributed by atoms with Gasteiger partial charge in [-0.05, 0) is 74.5 Å². The van der Waals surface area contributed by atoms with Gasteiger partial charge in [-0.25, -0.2) is 0 Å². The number of amides is 11. The van der Waals surface area contributed by atoms with Crippen molar-refractivity contribution in [3.63, 3.8) is 0 Å². The van der Waals surface area contributed by atoms with Crippen LogP contribution in [0.2, 0.25) is 0 Å². The van der Waals surface area contributed by atoms with Crippen LogP contribution in [-0.4, -0.2) is 233 Å². The highest BCUT2D eigenvalue weighted by Crippen LogP contribution is 2.23. The number of Topliss-reactive ketones (excluding diaryl/α,β-unsaturated/α-hetero) is 1. The van der Waals surface area contributed by atoms with E-state index in [1.807, 2.05) is 13.8 Å². The Hall–Kier alpha value is -8.54. The number of nitrogens with zero attached hydrogens (tertiary/aromatic N) is 7. The molecule has 502 valence electrons. The van der Waals surface area contributed by atoms with Crippen molar-refractivity contribution in [1.82, 2.24) is 55.6 Å². The van der Waals surface area contributed by atoms with Crippen molar-refractivity contribution < 1.29 is 62.6 Å². The van der Waals surface area contributed by atoms with E-state index in [1.165, 1.54) is 65.9 Å². The normalized spacial score (nSPS) is 23.3. The molecule has 11 amide bonds. The minimum atomic E-state index is -1.80. The number of hydrogen-bond donors (Lipinski definition) is 5. The number of rotatable bonds is 16. The van der Waals surface area contributed by atoms with Gasteiger partial charge in [0.05, 0.1) is 31.7 Å². The molecule has 0 aromatic heterocycles. The average Bonchev–Trinajstić information content (AvgIpc) is 1.24. The van der Waals surface area contributed by atoms with Crippen LogP contribution in [0.4, 0.5) is 0 Å². The van der Waals surface area contributed by atoms with Crippen molar-refractivity contribution >= 4 is 70.8 Å². The van der Waals surface area contributed by atoms with E-state index in [-0.39, 0.29) is 43.9 Å². The van der Waals surface area contributed by atoms with Crippen LogP contribution in [0.15, 0.2) is 91.0 Å². The van der Waals surface area contributed by atoms with E-state index >= 15 is 19.2 Å². The Morgan fingerprint density at radius 3 is 1.61 bits per heavy atom. The van der Waals surface area contributed by atoms with E-state index < -0.39 is 151 Å². The standard InChI is InChI=1S/C68H97N11O13/c1-42(2)34-53-66(90)77(12)54(38-49-30-22-16-23-31-49)65(89)75(10)45(6)61(85)69-50(36-47-26-18-14-19-27-47)62(86)70-51(64(88)76(11)52(37-48-28-20-15-21-29-48)55(81)35-44(5)63(87)79-32-24-17-25-33-79)39-58(84)73(8)40-56(82)72-60(46(7)80)67(91)74(9)41-57(83)71-59(43(3)4)68(92)78(53)13/h14-16,18-23,26-31,42-46,50-54,59-60,80H,17,24-25,32-41H2,1-13H3,(H,69,85)(H,70,86)(H,71,83)(H,72,82)/t44-,45+,46-,50+,51+,52+,53+,54+,59+,60+/m1/s1. The summed E-state index contributed by atoms with van der Waals surface area (Å²) >= 11 is 0. The first-order valence-electron chi connectivity index (χ1n) is 31.8. The van der Waals surface area contributed by atoms with E-state index in [2.05, 4.69) is 21.3 Å². The molecule has 10 atom stereocenters. The predicted molar refractivity (Wildman–Crippen MR) is 345 cm³/mol. The lowest BCUT2D eigenvalue weighted by Crippen LogP contribution is -2.61. The van der Waals surface area contributed by atoms with Crippen LogP contribution in [0.3, 0.4) is 0 Å². The van der Waals surface area contributed by atoms with Gasteiger partial charge in [-0.15, -0.1) is 0 Å². The summed E-state index contributed by atoms with van der Waals surface area (Å²) in [5.74, 6) is -10.4. The van der Waals surface area contributed by atoms with Gasteiger partial charge in [0.2, 0.25) is 65.0 Å². The van der Waals surface area contributed by atoms with Gasteiger partial charge in [0.15, 0.2) is 5.78 Å². The lowest BCUT2D eigenvalue weighted by molar-refractivity contribution is -0.153. The monoisotopic (exact) mass is 1280 g/mol. The average molecular weight is 1280 g/mol. The highest BCUT2D eigenvalue weighted by Gasteiger charge is 2.42. The molecule has 2 saturated heterocycles. The second-order valence-corrected chi connectivity index (χ2v) is 25.5. The second-order valence-electron chi connectivity index (χ2n) is 25.5. The fourth-order valence-electron chi connectivity index (χ4n) is 11.4. The summed E-state index contributed by atoms with van der Waals surface area (Å²) < 4.78 is 0. The van der Waals surface area contributed by atoms with Crippen molar-refractivity contribution in [2.24, 2.45) is 17.8 Å². The van der Waals surface area contributed by atoms with Crippen molar-refractivity contribution in [2.75, 3.05) is 68.5 Å². The van der Waals surface area contributed by atoms with Crippen LogP contribution >= 0.6 is 0 Å². The molecular weight excluding hydrogens is 1180 g/mol. The van der Waals surface area contributed by atoms with Gasteiger partial charge in [0.25, 0.3) is 0 Å². The molecule has 2 aliphatic heterocycles. The third-order valence-electron chi connectivity index (χ3n) is 17.3. The molecule has 3 aromatic rings. The van der Waals surface area contributed by atoms with Crippen molar-refractivity contribution in [3.05, 3.63) is 108 Å². The van der Waals surface area contributed by atoms with Gasteiger partial charge >= 0.3 is 0 Å². The zero-order valence-electron chi connectivity index (χ0n) is 55.8. The van der Waals surface area contributed by atoms with Crippen LogP contribution in [0.25, 0.3) is 0 Å². The minimum Gasteiger partial charge on any atom is -0.391 e. The summed E-state index contributed by atoms with van der Waals surface area (Å²) in [6.45, 7) is 11.1. The molecule has 24 nitrogen and oxygen atoms in total. The Balaban J connectivity index is 1.63. The van der Waals surface area contributed by atoms with E-state index in [4.69, 9.17) is 0 Å². The zero-order valence-corrected chi connectivity index (χ0v) is 55.8. The number of benzene rings is 3. The highest BCUT2D eigenvalue weighted by molar-refractivity contribution is 6.00. The molecule has 2 fully saturated rings. The molecule has 0 radical (unpaired) electrons. The first kappa shape index (κ1) is 74.2. The SMILES string of the molecule is CC(C)C[C@H]1C(=O)N(C)[C@@H](Cc2ccccc2)C(=O)N(C)[C@@H](C)C(=O)N[C@@H](Cc2ccccc2)C(=O)N[C@H](C(=O)N(C)[C@@H](Cc2ccccc2)C(=O)C[C@@H](C)C(=O)N2CCCCC2)CC(=O)N(C)CC(=O)N[C@@H]([C@@H](C)O)C(=O)N(C)CC(=O)N[C@@H](C(C)C)C(=O)N1C. The smallest absolute Gasteiger partial charge is 0.248 e. The van der Waals surface area contributed by atoms with Crippen molar-refractivity contribution in [2.45, 2.75) is 161 Å². The lowest BCUT2D eigenvalue weighted by Gasteiger charge is -2.38. The number of ketones is 1. The zero-order chi connectivity index (χ0) is 68.3. The Kier molecular flexibility index (Phi) is 28.0. The van der Waals surface area contributed by atoms with Crippen LogP contribution < -0.4 is 21.3 Å². The summed E-state index contributed by atoms with van der Waals surface area (Å²) in [7, 11) is 8.08. The molecule has 2 aliphatic rings. The topological polar surface area (TPSA) is 296 Å². The summed E-state index contributed by atoms with van der Waals surface area (Å²) in [5.41, 5.74) is 1.88. The number of likely N-dealkylation sites (N-methyl/N-ethyl adjacent to an activating group) is 6. The highest BCUT2D eigenvalue weighted by atomic mass is 16.3. The van der Waals surface area contributed by atoms with Gasteiger partial charge in [-0.1, -0.05) is 126 Å². The number of likely N-dealkylation sites (tertiary alicyclic amines) is 1. The molecule has 92 heavy (non-hydrogen) atoms. The number of carbonyl (C=O) groups excluding carboxylic acids is 12. The number of nitrogens with one attached hydrogen (secondary N) is 4. The van der Waals surface area contributed by atoms with Crippen LogP contribution in [0.5, 0.6) is 0 Å². The summed E-state index contributed by atoms with van der Waals surface area (Å²) in [6, 6.07) is 15.1. The van der Waals surface area contributed by atoms with E-state index in [1.54, 1.807) is 117 Å². The Labute approximate surface area is 541 Å². The van der Waals surface area contributed by atoms with Gasteiger partial charge < -0.3 is 60.7 Å². The number of aliphatic hydroxyl groups excluding tert-OH is 1. The van der Waals surface area contributed by atoms with E-state index in [0.29, 0.717) is 29.8 Å². The molecule has 3 aromatic carbocycles. The van der Waals surface area contributed by atoms with Crippen LogP contribution in [0.1, 0.15) is 104 Å². The molecule has 5 rings (SSSR count). The molecule has 0 aliphatic carbocycles. The fourth-order valence-corrected chi connectivity index (χ4v) is 11.4. The maximum atomic E-state index is 15.4. The first-order valence-corrected chi connectivity index (χ1v) is 31.8. The minimum absolute atomic E-state index is 0.0229. The first-order chi connectivity index (χ1) is 43.4.